The van der Waals surface area contributed by atoms with Gasteiger partial charge in [-0.3, -0.25) is 4.79 Å². The maximum atomic E-state index is 12.3. The lowest BCUT2D eigenvalue weighted by molar-refractivity contribution is -0.129. The Bertz CT molecular complexity index is 602. The van der Waals surface area contributed by atoms with Gasteiger partial charge in [-0.1, -0.05) is 23.7 Å². The number of ether oxygens (including phenoxy) is 1. The number of amides is 1. The molecule has 0 unspecified atom stereocenters. The third kappa shape index (κ3) is 4.19. The van der Waals surface area contributed by atoms with Gasteiger partial charge < -0.3 is 9.64 Å². The second-order valence-electron chi connectivity index (χ2n) is 4.51. The molecule has 1 heterocycles. The number of hydrogen-bond acceptors (Lipinski definition) is 4. The molecular formula is C15H17ClN2O2S. The number of rotatable bonds is 6. The molecule has 0 spiro atoms. The summed E-state index contributed by atoms with van der Waals surface area (Å²) in [6, 6.07) is 5.46. The van der Waals surface area contributed by atoms with E-state index in [1.54, 1.807) is 24.2 Å². The van der Waals surface area contributed by atoms with Crippen LogP contribution in [-0.2, 0) is 17.8 Å². The number of halogens is 1. The molecule has 21 heavy (non-hydrogen) atoms. The average Bonchev–Trinajstić information content (AvgIpc) is 2.95. The Morgan fingerprint density at radius 3 is 2.95 bits per heavy atom. The zero-order valence-electron chi connectivity index (χ0n) is 12.0. The van der Waals surface area contributed by atoms with Gasteiger partial charge in [0.15, 0.2) is 0 Å². The first-order chi connectivity index (χ1) is 10.1. The molecule has 0 N–H and O–H groups in total. The van der Waals surface area contributed by atoms with E-state index < -0.39 is 0 Å². The molecule has 0 fully saturated rings. The summed E-state index contributed by atoms with van der Waals surface area (Å²) >= 11 is 7.67. The zero-order chi connectivity index (χ0) is 15.2. The van der Waals surface area contributed by atoms with Crippen LogP contribution < -0.4 is 4.74 Å². The topological polar surface area (TPSA) is 42.4 Å². The molecule has 0 aliphatic carbocycles. The molecule has 0 aliphatic rings. The maximum Gasteiger partial charge on any atom is 0.227 e. The average molecular weight is 325 g/mol. The molecular weight excluding hydrogens is 308 g/mol. The first kappa shape index (κ1) is 15.8. The second-order valence-corrected chi connectivity index (χ2v) is 5.90. The standard InChI is InChI=1S/C15H17ClN2O2S/c1-3-20-15-11(5-4-6-12(15)16)9-14(19)18(2)10-13-17-7-8-21-13/h4-8H,3,9-10H2,1-2H3. The van der Waals surface area contributed by atoms with E-state index >= 15 is 0 Å². The largest absolute Gasteiger partial charge is 0.492 e. The Morgan fingerprint density at radius 1 is 1.48 bits per heavy atom. The number of hydrogen-bond donors (Lipinski definition) is 0. The van der Waals surface area contributed by atoms with Crippen molar-refractivity contribution in [2.24, 2.45) is 0 Å². The minimum atomic E-state index is 0.00780. The fourth-order valence-corrected chi connectivity index (χ4v) is 2.84. The van der Waals surface area contributed by atoms with E-state index in [1.807, 2.05) is 24.4 Å². The number of benzene rings is 1. The SMILES string of the molecule is CCOc1c(Cl)cccc1CC(=O)N(C)Cc1nccs1. The third-order valence-electron chi connectivity index (χ3n) is 2.96. The number of carbonyl (C=O) groups is 1. The van der Waals surface area contributed by atoms with Crippen molar-refractivity contribution in [3.63, 3.8) is 0 Å². The molecule has 0 bridgehead atoms. The van der Waals surface area contributed by atoms with Gasteiger partial charge in [-0.2, -0.15) is 0 Å². The lowest BCUT2D eigenvalue weighted by Crippen LogP contribution is -2.27. The molecule has 0 saturated carbocycles. The van der Waals surface area contributed by atoms with E-state index in [0.717, 1.165) is 10.6 Å². The smallest absolute Gasteiger partial charge is 0.227 e. The summed E-state index contributed by atoms with van der Waals surface area (Å²) in [5.41, 5.74) is 0.806. The Morgan fingerprint density at radius 2 is 2.29 bits per heavy atom. The molecule has 112 valence electrons. The van der Waals surface area contributed by atoms with Crippen molar-refractivity contribution >= 4 is 28.8 Å². The molecule has 0 saturated heterocycles. The van der Waals surface area contributed by atoms with Crippen LogP contribution in [0.1, 0.15) is 17.5 Å². The lowest BCUT2D eigenvalue weighted by Gasteiger charge is -2.17. The maximum absolute atomic E-state index is 12.3. The molecule has 2 aromatic rings. The minimum Gasteiger partial charge on any atom is -0.492 e. The van der Waals surface area contributed by atoms with Gasteiger partial charge in [0, 0.05) is 24.2 Å². The highest BCUT2D eigenvalue weighted by atomic mass is 35.5. The van der Waals surface area contributed by atoms with Crippen LogP contribution in [0.2, 0.25) is 5.02 Å². The summed E-state index contributed by atoms with van der Waals surface area (Å²) in [5, 5.41) is 3.35. The molecule has 1 aromatic carbocycles. The van der Waals surface area contributed by atoms with Crippen molar-refractivity contribution in [2.45, 2.75) is 19.9 Å². The third-order valence-corrected chi connectivity index (χ3v) is 4.02. The Labute approximate surface area is 133 Å². The van der Waals surface area contributed by atoms with Crippen molar-refractivity contribution in [1.29, 1.82) is 0 Å². The summed E-state index contributed by atoms with van der Waals surface area (Å²) in [7, 11) is 1.77. The zero-order valence-corrected chi connectivity index (χ0v) is 13.6. The number of thiazole rings is 1. The molecule has 0 atom stereocenters. The van der Waals surface area contributed by atoms with Gasteiger partial charge in [-0.15, -0.1) is 11.3 Å². The number of likely N-dealkylation sites (N-methyl/N-ethyl adjacent to an activating group) is 1. The lowest BCUT2D eigenvalue weighted by atomic mass is 10.1. The number of nitrogens with zero attached hydrogens (tertiary/aromatic N) is 2. The molecule has 1 amide bonds. The fraction of sp³-hybridized carbons (Fsp3) is 0.333. The van der Waals surface area contributed by atoms with Gasteiger partial charge in [-0.05, 0) is 13.0 Å². The van der Waals surface area contributed by atoms with E-state index in [1.165, 1.54) is 11.3 Å². The highest BCUT2D eigenvalue weighted by Gasteiger charge is 2.15. The van der Waals surface area contributed by atoms with E-state index in [9.17, 15) is 4.79 Å². The predicted molar refractivity (Wildman–Crippen MR) is 84.9 cm³/mol. The van der Waals surface area contributed by atoms with E-state index in [2.05, 4.69) is 4.98 Å². The first-order valence-corrected chi connectivity index (χ1v) is 7.90. The molecule has 0 radical (unpaired) electrons. The highest BCUT2D eigenvalue weighted by Crippen LogP contribution is 2.29. The van der Waals surface area contributed by atoms with Crippen LogP contribution in [0, 0.1) is 0 Å². The molecule has 6 heteroatoms. The molecule has 0 aliphatic heterocycles. The van der Waals surface area contributed by atoms with E-state index in [4.69, 9.17) is 16.3 Å². The Kier molecular flexibility index (Phi) is 5.59. The molecule has 1 aromatic heterocycles. The predicted octanol–water partition coefficient (Wildman–Crippen LogP) is 3.40. The van der Waals surface area contributed by atoms with Gasteiger partial charge in [-0.25, -0.2) is 4.98 Å². The molecule has 2 rings (SSSR count). The highest BCUT2D eigenvalue weighted by molar-refractivity contribution is 7.09. The monoisotopic (exact) mass is 324 g/mol. The van der Waals surface area contributed by atoms with Crippen LogP contribution in [0.15, 0.2) is 29.8 Å². The summed E-state index contributed by atoms with van der Waals surface area (Å²) < 4.78 is 5.54. The quantitative estimate of drug-likeness (QED) is 0.818. The van der Waals surface area contributed by atoms with Gasteiger partial charge in [0.1, 0.15) is 10.8 Å². The van der Waals surface area contributed by atoms with Crippen molar-refractivity contribution in [3.8, 4) is 5.75 Å². The number of aromatic nitrogens is 1. The van der Waals surface area contributed by atoms with Crippen LogP contribution in [0.4, 0.5) is 0 Å². The minimum absolute atomic E-state index is 0.00780. The Balaban J connectivity index is 2.07. The van der Waals surface area contributed by atoms with E-state index in [-0.39, 0.29) is 12.3 Å². The van der Waals surface area contributed by atoms with Crippen molar-refractivity contribution in [3.05, 3.63) is 45.4 Å². The summed E-state index contributed by atoms with van der Waals surface area (Å²) in [4.78, 5) is 18.2. The van der Waals surface area contributed by atoms with Gasteiger partial charge >= 0.3 is 0 Å². The van der Waals surface area contributed by atoms with Crippen molar-refractivity contribution in [2.75, 3.05) is 13.7 Å². The van der Waals surface area contributed by atoms with Crippen molar-refractivity contribution in [1.82, 2.24) is 9.88 Å². The number of carbonyl (C=O) groups excluding carboxylic acids is 1. The normalized spacial score (nSPS) is 10.4. The second kappa shape index (κ2) is 7.43. The van der Waals surface area contributed by atoms with Crippen LogP contribution in [-0.4, -0.2) is 29.4 Å². The van der Waals surface area contributed by atoms with Crippen LogP contribution in [0.5, 0.6) is 5.75 Å². The van der Waals surface area contributed by atoms with Crippen LogP contribution in [0.25, 0.3) is 0 Å². The van der Waals surface area contributed by atoms with Gasteiger partial charge in [0.25, 0.3) is 0 Å². The summed E-state index contributed by atoms with van der Waals surface area (Å²) in [6.07, 6.45) is 2.00. The number of para-hydroxylation sites is 1. The summed E-state index contributed by atoms with van der Waals surface area (Å²) in [5.74, 6) is 0.603. The Hall–Kier alpha value is -1.59. The van der Waals surface area contributed by atoms with E-state index in [0.29, 0.717) is 23.9 Å². The first-order valence-electron chi connectivity index (χ1n) is 6.64. The van der Waals surface area contributed by atoms with Gasteiger partial charge in [0.2, 0.25) is 5.91 Å². The fourth-order valence-electron chi connectivity index (χ4n) is 1.92. The van der Waals surface area contributed by atoms with Crippen molar-refractivity contribution < 1.29 is 9.53 Å². The van der Waals surface area contributed by atoms with Crippen LogP contribution >= 0.6 is 22.9 Å². The van der Waals surface area contributed by atoms with Crippen LogP contribution in [0.3, 0.4) is 0 Å². The molecule has 4 nitrogen and oxygen atoms in total. The van der Waals surface area contributed by atoms with Gasteiger partial charge in [0.05, 0.1) is 24.6 Å². The summed E-state index contributed by atoms with van der Waals surface area (Å²) in [6.45, 7) is 2.92.